The van der Waals surface area contributed by atoms with Crippen molar-refractivity contribution in [3.05, 3.63) is 32.9 Å². The Morgan fingerprint density at radius 3 is 2.88 bits per heavy atom. The third kappa shape index (κ3) is 4.61. The molecule has 1 aromatic rings. The van der Waals surface area contributed by atoms with Crippen molar-refractivity contribution in [1.29, 1.82) is 0 Å². The van der Waals surface area contributed by atoms with Gasteiger partial charge in [0.1, 0.15) is 0 Å². The van der Waals surface area contributed by atoms with Crippen molar-refractivity contribution in [3.8, 4) is 0 Å². The van der Waals surface area contributed by atoms with Crippen LogP contribution in [0.2, 0.25) is 0 Å². The number of rotatable bonds is 5. The highest BCUT2D eigenvalue weighted by molar-refractivity contribution is 14.1. The number of hydrogen-bond donors (Lipinski definition) is 2. The van der Waals surface area contributed by atoms with Gasteiger partial charge >= 0.3 is 0 Å². The first-order valence-electron chi connectivity index (χ1n) is 5.26. The van der Waals surface area contributed by atoms with E-state index in [1.807, 2.05) is 19.1 Å². The van der Waals surface area contributed by atoms with E-state index in [1.165, 1.54) is 7.11 Å². The molecule has 94 valence electrons. The van der Waals surface area contributed by atoms with Crippen LogP contribution in [0.1, 0.15) is 15.9 Å². The molecule has 0 heterocycles. The minimum Gasteiger partial charge on any atom is -0.389 e. The van der Waals surface area contributed by atoms with Gasteiger partial charge in [0.05, 0.1) is 12.7 Å². The summed E-state index contributed by atoms with van der Waals surface area (Å²) in [7, 11) is 1.51. The fourth-order valence-corrected chi connectivity index (χ4v) is 1.69. The molecule has 0 aliphatic carbocycles. The van der Waals surface area contributed by atoms with E-state index >= 15 is 0 Å². The summed E-state index contributed by atoms with van der Waals surface area (Å²) in [6.07, 6.45) is -0.672. The van der Waals surface area contributed by atoms with E-state index in [0.29, 0.717) is 5.56 Å². The number of nitrogens with one attached hydrogen (secondary N) is 1. The lowest BCUT2D eigenvalue weighted by Gasteiger charge is -2.11. The molecule has 0 bridgehead atoms. The van der Waals surface area contributed by atoms with Crippen LogP contribution in [0.15, 0.2) is 18.2 Å². The number of carbonyl (C=O) groups excluding carboxylic acids is 1. The molecule has 0 saturated heterocycles. The van der Waals surface area contributed by atoms with Crippen molar-refractivity contribution in [2.24, 2.45) is 0 Å². The van der Waals surface area contributed by atoms with Gasteiger partial charge in [0.15, 0.2) is 0 Å². The van der Waals surface area contributed by atoms with Gasteiger partial charge in [-0.3, -0.25) is 4.79 Å². The number of ether oxygens (including phenoxy) is 1. The Labute approximate surface area is 115 Å². The van der Waals surface area contributed by atoms with Crippen molar-refractivity contribution >= 4 is 28.5 Å². The number of carbonyl (C=O) groups is 1. The summed E-state index contributed by atoms with van der Waals surface area (Å²) in [5.74, 6) is -0.181. The molecule has 1 atom stereocenters. The van der Waals surface area contributed by atoms with Gasteiger partial charge in [0, 0.05) is 22.8 Å². The first kappa shape index (κ1) is 14.4. The van der Waals surface area contributed by atoms with Crippen molar-refractivity contribution in [3.63, 3.8) is 0 Å². The van der Waals surface area contributed by atoms with Crippen LogP contribution in [0.3, 0.4) is 0 Å². The van der Waals surface area contributed by atoms with E-state index in [4.69, 9.17) is 4.74 Å². The maximum Gasteiger partial charge on any atom is 0.251 e. The molecule has 0 aliphatic rings. The van der Waals surface area contributed by atoms with Crippen molar-refractivity contribution in [2.75, 3.05) is 20.3 Å². The highest BCUT2D eigenvalue weighted by Crippen LogP contribution is 2.13. The second kappa shape index (κ2) is 6.93. The van der Waals surface area contributed by atoms with Crippen LogP contribution in [0.4, 0.5) is 0 Å². The van der Waals surface area contributed by atoms with Crippen LogP contribution < -0.4 is 5.32 Å². The average molecular weight is 349 g/mol. The van der Waals surface area contributed by atoms with E-state index in [1.54, 1.807) is 6.07 Å². The maximum absolute atomic E-state index is 11.8. The molecular formula is C12H16INO3. The summed E-state index contributed by atoms with van der Waals surface area (Å²) in [6.45, 7) is 2.36. The minimum atomic E-state index is -0.672. The third-order valence-corrected chi connectivity index (χ3v) is 3.49. The molecule has 0 fully saturated rings. The number of methoxy groups -OCH3 is 1. The number of benzene rings is 1. The summed E-state index contributed by atoms with van der Waals surface area (Å²) in [4.78, 5) is 11.8. The molecule has 4 nitrogen and oxygen atoms in total. The molecular weight excluding hydrogens is 333 g/mol. The fraction of sp³-hybridized carbons (Fsp3) is 0.417. The monoisotopic (exact) mass is 349 g/mol. The Balaban J connectivity index is 2.55. The molecule has 1 amide bonds. The van der Waals surface area contributed by atoms with Crippen LogP contribution in [0.5, 0.6) is 0 Å². The van der Waals surface area contributed by atoms with Crippen LogP contribution in [0.25, 0.3) is 0 Å². The lowest BCUT2D eigenvalue weighted by molar-refractivity contribution is 0.0610. The topological polar surface area (TPSA) is 58.6 Å². The predicted molar refractivity (Wildman–Crippen MR) is 74.1 cm³/mol. The standard InChI is InChI=1S/C12H16INO3/c1-8-5-9(3-4-11(8)13)12(16)14-6-10(15)7-17-2/h3-5,10,15H,6-7H2,1-2H3,(H,14,16). The molecule has 17 heavy (non-hydrogen) atoms. The first-order valence-corrected chi connectivity index (χ1v) is 6.34. The largest absolute Gasteiger partial charge is 0.389 e. The van der Waals surface area contributed by atoms with Gasteiger partial charge in [-0.15, -0.1) is 0 Å². The summed E-state index contributed by atoms with van der Waals surface area (Å²) in [6, 6.07) is 5.50. The Kier molecular flexibility index (Phi) is 5.87. The molecule has 0 aliphatic heterocycles. The first-order chi connectivity index (χ1) is 8.04. The molecule has 2 N–H and O–H groups in total. The third-order valence-electron chi connectivity index (χ3n) is 2.28. The smallest absolute Gasteiger partial charge is 0.251 e. The van der Waals surface area contributed by atoms with Gasteiger partial charge in [0.25, 0.3) is 5.91 Å². The Morgan fingerprint density at radius 2 is 2.29 bits per heavy atom. The van der Waals surface area contributed by atoms with Crippen LogP contribution in [-0.4, -0.2) is 37.4 Å². The molecule has 0 spiro atoms. The molecule has 1 rings (SSSR count). The maximum atomic E-state index is 11.8. The zero-order chi connectivity index (χ0) is 12.8. The zero-order valence-corrected chi connectivity index (χ0v) is 12.0. The van der Waals surface area contributed by atoms with Gasteiger partial charge in [-0.25, -0.2) is 0 Å². The van der Waals surface area contributed by atoms with Crippen LogP contribution in [-0.2, 0) is 4.74 Å². The van der Waals surface area contributed by atoms with Gasteiger partial charge in [-0.2, -0.15) is 0 Å². The number of aliphatic hydroxyl groups is 1. The summed E-state index contributed by atoms with van der Waals surface area (Å²) < 4.78 is 5.90. The minimum absolute atomic E-state index is 0.181. The van der Waals surface area contributed by atoms with Crippen molar-refractivity contribution < 1.29 is 14.6 Å². The second-order valence-electron chi connectivity index (χ2n) is 3.78. The Morgan fingerprint density at radius 1 is 1.59 bits per heavy atom. The van der Waals surface area contributed by atoms with Gasteiger partial charge in [-0.1, -0.05) is 0 Å². The Hall–Kier alpha value is -0.660. The molecule has 0 aromatic heterocycles. The van der Waals surface area contributed by atoms with Gasteiger partial charge < -0.3 is 15.2 Å². The van der Waals surface area contributed by atoms with Crippen LogP contribution >= 0.6 is 22.6 Å². The summed E-state index contributed by atoms with van der Waals surface area (Å²) in [5.41, 5.74) is 1.67. The van der Waals surface area contributed by atoms with Gasteiger partial charge in [-0.05, 0) is 53.3 Å². The molecule has 0 saturated carbocycles. The van der Waals surface area contributed by atoms with E-state index in [9.17, 15) is 9.90 Å². The van der Waals surface area contributed by atoms with Crippen molar-refractivity contribution in [1.82, 2.24) is 5.32 Å². The molecule has 1 aromatic carbocycles. The lowest BCUT2D eigenvalue weighted by Crippen LogP contribution is -2.34. The second-order valence-corrected chi connectivity index (χ2v) is 4.95. The SMILES string of the molecule is COCC(O)CNC(=O)c1ccc(I)c(C)c1. The highest BCUT2D eigenvalue weighted by atomic mass is 127. The Bertz CT molecular complexity index is 395. The number of hydrogen-bond acceptors (Lipinski definition) is 3. The fourth-order valence-electron chi connectivity index (χ4n) is 1.35. The van der Waals surface area contributed by atoms with Crippen LogP contribution in [0, 0.1) is 10.5 Å². The number of aryl methyl sites for hydroxylation is 1. The zero-order valence-electron chi connectivity index (χ0n) is 9.87. The quantitative estimate of drug-likeness (QED) is 0.789. The summed E-state index contributed by atoms with van der Waals surface area (Å²) in [5, 5.41) is 12.1. The van der Waals surface area contributed by atoms with E-state index < -0.39 is 6.10 Å². The number of aliphatic hydroxyl groups excluding tert-OH is 1. The highest BCUT2D eigenvalue weighted by Gasteiger charge is 2.09. The van der Waals surface area contributed by atoms with E-state index in [-0.39, 0.29) is 19.1 Å². The lowest BCUT2D eigenvalue weighted by atomic mass is 10.1. The van der Waals surface area contributed by atoms with Crippen molar-refractivity contribution in [2.45, 2.75) is 13.0 Å². The van der Waals surface area contributed by atoms with E-state index in [0.717, 1.165) is 9.13 Å². The number of halogens is 1. The normalized spacial score (nSPS) is 12.2. The van der Waals surface area contributed by atoms with E-state index in [2.05, 4.69) is 27.9 Å². The number of amides is 1. The van der Waals surface area contributed by atoms with Gasteiger partial charge in [0.2, 0.25) is 0 Å². The average Bonchev–Trinajstić information content (AvgIpc) is 2.30. The molecule has 0 radical (unpaired) electrons. The summed E-state index contributed by atoms with van der Waals surface area (Å²) >= 11 is 2.22. The molecule has 1 unspecified atom stereocenters. The molecule has 5 heteroatoms. The predicted octanol–water partition coefficient (Wildman–Crippen LogP) is 1.34.